The number of alkyl carbamates (subject to hydrolysis) is 1. The van der Waals surface area contributed by atoms with Gasteiger partial charge < -0.3 is 30.7 Å². The van der Waals surface area contributed by atoms with Crippen LogP contribution in [0.3, 0.4) is 0 Å². The summed E-state index contributed by atoms with van der Waals surface area (Å²) in [5, 5.41) is 16.1. The summed E-state index contributed by atoms with van der Waals surface area (Å²) < 4.78 is 5.01. The van der Waals surface area contributed by atoms with Crippen molar-refractivity contribution >= 4 is 29.8 Å². The van der Waals surface area contributed by atoms with Gasteiger partial charge in [0.15, 0.2) is 0 Å². The van der Waals surface area contributed by atoms with Gasteiger partial charge in [-0.1, -0.05) is 30.3 Å². The Morgan fingerprint density at radius 1 is 1.09 bits per heavy atom. The van der Waals surface area contributed by atoms with Gasteiger partial charge in [0, 0.05) is 6.54 Å². The summed E-state index contributed by atoms with van der Waals surface area (Å²) in [5.74, 6) is -2.79. The number of carbonyl (C=O) groups is 5. The van der Waals surface area contributed by atoms with Gasteiger partial charge in [0.2, 0.25) is 17.7 Å². The van der Waals surface area contributed by atoms with E-state index in [2.05, 4.69) is 16.0 Å². The fraction of sp³-hybridized carbons (Fsp3) is 0.476. The zero-order valence-electron chi connectivity index (χ0n) is 18.0. The molecule has 1 heterocycles. The van der Waals surface area contributed by atoms with Gasteiger partial charge in [0.05, 0.1) is 0 Å². The normalized spacial score (nSPS) is 17.1. The molecule has 1 fully saturated rings. The highest BCUT2D eigenvalue weighted by Crippen LogP contribution is 2.18. The highest BCUT2D eigenvalue weighted by Gasteiger charge is 2.37. The van der Waals surface area contributed by atoms with Gasteiger partial charge in [0.25, 0.3) is 0 Å². The second-order valence-corrected chi connectivity index (χ2v) is 7.46. The summed E-state index contributed by atoms with van der Waals surface area (Å²) in [6.45, 7) is 2.80. The summed E-state index contributed by atoms with van der Waals surface area (Å²) in [6, 6.07) is 6.23. The maximum absolute atomic E-state index is 12.7. The summed E-state index contributed by atoms with van der Waals surface area (Å²) >= 11 is 0. The number of carboxylic acid groups (broad SMARTS) is 1. The number of amides is 4. The topological polar surface area (TPSA) is 154 Å². The quantitative estimate of drug-likeness (QED) is 0.414. The van der Waals surface area contributed by atoms with Crippen molar-refractivity contribution in [1.29, 1.82) is 0 Å². The second-order valence-electron chi connectivity index (χ2n) is 7.46. The molecule has 11 nitrogen and oxygen atoms in total. The predicted molar refractivity (Wildman–Crippen MR) is 112 cm³/mol. The number of nitrogens with zero attached hydrogens (tertiary/aromatic N) is 1. The lowest BCUT2D eigenvalue weighted by atomic mass is 10.1. The molecule has 0 saturated carbocycles. The first-order chi connectivity index (χ1) is 15.2. The molecule has 3 atom stereocenters. The molecule has 1 saturated heterocycles. The average Bonchev–Trinajstić information content (AvgIpc) is 3.26. The number of carboxylic acids is 1. The Kier molecular flexibility index (Phi) is 8.99. The van der Waals surface area contributed by atoms with Crippen LogP contribution in [0.2, 0.25) is 0 Å². The van der Waals surface area contributed by atoms with E-state index in [1.807, 2.05) is 18.2 Å². The molecule has 174 valence electrons. The molecule has 0 aromatic heterocycles. The minimum atomic E-state index is -1.18. The van der Waals surface area contributed by atoms with Gasteiger partial charge >= 0.3 is 12.1 Å². The number of nitrogens with one attached hydrogen (secondary N) is 3. The molecule has 3 unspecified atom stereocenters. The first-order valence-corrected chi connectivity index (χ1v) is 10.3. The van der Waals surface area contributed by atoms with Gasteiger partial charge in [-0.2, -0.15) is 0 Å². The van der Waals surface area contributed by atoms with E-state index in [0.29, 0.717) is 19.4 Å². The van der Waals surface area contributed by atoms with Crippen molar-refractivity contribution in [2.75, 3.05) is 13.1 Å². The lowest BCUT2D eigenvalue weighted by Gasteiger charge is -2.27. The maximum atomic E-state index is 12.7. The summed E-state index contributed by atoms with van der Waals surface area (Å²) in [6.07, 6.45) is 0.215. The third-order valence-electron chi connectivity index (χ3n) is 4.92. The Hall–Kier alpha value is -3.63. The van der Waals surface area contributed by atoms with Crippen molar-refractivity contribution in [3.05, 3.63) is 35.9 Å². The van der Waals surface area contributed by atoms with Gasteiger partial charge in [-0.3, -0.25) is 19.2 Å². The van der Waals surface area contributed by atoms with Crippen molar-refractivity contribution in [2.45, 2.75) is 51.4 Å². The highest BCUT2D eigenvalue weighted by molar-refractivity contribution is 5.94. The molecule has 1 aliphatic rings. The molecule has 0 spiro atoms. The molecule has 0 aliphatic carbocycles. The molecule has 4 N–H and O–H groups in total. The minimum Gasteiger partial charge on any atom is -0.480 e. The van der Waals surface area contributed by atoms with Crippen LogP contribution in [0.15, 0.2) is 30.3 Å². The van der Waals surface area contributed by atoms with E-state index < -0.39 is 47.9 Å². The van der Waals surface area contributed by atoms with E-state index in [1.165, 1.54) is 18.7 Å². The van der Waals surface area contributed by atoms with E-state index in [0.717, 1.165) is 5.56 Å². The van der Waals surface area contributed by atoms with Crippen LogP contribution in [0.25, 0.3) is 0 Å². The Bertz CT molecular complexity index is 846. The molecule has 4 amide bonds. The fourth-order valence-electron chi connectivity index (χ4n) is 3.20. The molecule has 1 aromatic rings. The molecular formula is C21H28N4O7. The van der Waals surface area contributed by atoms with E-state index >= 15 is 0 Å². The van der Waals surface area contributed by atoms with Crippen LogP contribution in [-0.4, -0.2) is 71.0 Å². The van der Waals surface area contributed by atoms with Crippen LogP contribution in [-0.2, 0) is 30.5 Å². The molecule has 32 heavy (non-hydrogen) atoms. The number of ether oxygens (including phenoxy) is 1. The Morgan fingerprint density at radius 2 is 1.78 bits per heavy atom. The van der Waals surface area contributed by atoms with Crippen LogP contribution in [0.1, 0.15) is 32.3 Å². The van der Waals surface area contributed by atoms with E-state index in [9.17, 15) is 24.0 Å². The van der Waals surface area contributed by atoms with Crippen LogP contribution in [0, 0.1) is 0 Å². The van der Waals surface area contributed by atoms with Gasteiger partial charge in [-0.25, -0.2) is 4.79 Å². The van der Waals surface area contributed by atoms with Crippen molar-refractivity contribution in [1.82, 2.24) is 20.9 Å². The van der Waals surface area contributed by atoms with Gasteiger partial charge in [-0.15, -0.1) is 0 Å². The number of aliphatic carboxylic acids is 1. The van der Waals surface area contributed by atoms with Crippen LogP contribution in [0.5, 0.6) is 0 Å². The number of hydrogen-bond donors (Lipinski definition) is 4. The van der Waals surface area contributed by atoms with Crippen LogP contribution >= 0.6 is 0 Å². The second kappa shape index (κ2) is 11.7. The lowest BCUT2D eigenvalue weighted by molar-refractivity contribution is -0.144. The Morgan fingerprint density at radius 3 is 2.44 bits per heavy atom. The number of carbonyl (C=O) groups excluding carboxylic acids is 4. The fourth-order valence-corrected chi connectivity index (χ4v) is 3.20. The zero-order chi connectivity index (χ0) is 23.7. The molecule has 1 aromatic carbocycles. The third kappa shape index (κ3) is 7.25. The van der Waals surface area contributed by atoms with E-state index in [1.54, 1.807) is 12.1 Å². The molecule has 0 radical (unpaired) electrons. The SMILES string of the molecule is CC(NC(=O)C1CCCN1C(=O)C(C)NC(=O)CNC(=O)OCc1ccccc1)C(=O)O. The summed E-state index contributed by atoms with van der Waals surface area (Å²) in [7, 11) is 0. The third-order valence-corrected chi connectivity index (χ3v) is 4.92. The molecule has 2 rings (SSSR count). The zero-order valence-corrected chi connectivity index (χ0v) is 18.0. The summed E-state index contributed by atoms with van der Waals surface area (Å²) in [5.41, 5.74) is 0.799. The first kappa shape index (κ1) is 24.6. The maximum Gasteiger partial charge on any atom is 0.407 e. The number of benzene rings is 1. The number of rotatable bonds is 9. The van der Waals surface area contributed by atoms with E-state index in [4.69, 9.17) is 9.84 Å². The van der Waals surface area contributed by atoms with Crippen molar-refractivity contribution < 1.29 is 33.8 Å². The molecule has 11 heteroatoms. The standard InChI is InChI=1S/C21H28N4O7/c1-13(19(28)25-10-6-9-16(25)18(27)24-14(2)20(29)30)23-17(26)11-22-21(31)32-12-15-7-4-3-5-8-15/h3-5,7-8,13-14,16H,6,9-12H2,1-2H3,(H,22,31)(H,23,26)(H,24,27)(H,29,30). The monoisotopic (exact) mass is 448 g/mol. The number of hydrogen-bond acceptors (Lipinski definition) is 6. The highest BCUT2D eigenvalue weighted by atomic mass is 16.5. The Labute approximate surface area is 185 Å². The van der Waals surface area contributed by atoms with Crippen LogP contribution < -0.4 is 16.0 Å². The summed E-state index contributed by atoms with van der Waals surface area (Å²) in [4.78, 5) is 61.1. The predicted octanol–water partition coefficient (Wildman–Crippen LogP) is -0.00220. The molecular weight excluding hydrogens is 420 g/mol. The Balaban J connectivity index is 1.77. The van der Waals surface area contributed by atoms with E-state index in [-0.39, 0.29) is 13.2 Å². The van der Waals surface area contributed by atoms with Crippen molar-refractivity contribution in [2.24, 2.45) is 0 Å². The minimum absolute atomic E-state index is 0.0576. The molecule has 0 bridgehead atoms. The number of likely N-dealkylation sites (tertiary alicyclic amines) is 1. The van der Waals surface area contributed by atoms with Gasteiger partial charge in [-0.05, 0) is 32.3 Å². The largest absolute Gasteiger partial charge is 0.480 e. The first-order valence-electron chi connectivity index (χ1n) is 10.3. The lowest BCUT2D eigenvalue weighted by Crippen LogP contribution is -2.54. The van der Waals surface area contributed by atoms with Gasteiger partial charge in [0.1, 0.15) is 31.3 Å². The van der Waals surface area contributed by atoms with Crippen molar-refractivity contribution in [3.63, 3.8) is 0 Å². The molecule has 1 aliphatic heterocycles. The average molecular weight is 448 g/mol. The van der Waals surface area contributed by atoms with Crippen molar-refractivity contribution in [3.8, 4) is 0 Å². The smallest absolute Gasteiger partial charge is 0.407 e. The van der Waals surface area contributed by atoms with Crippen LogP contribution in [0.4, 0.5) is 4.79 Å².